The van der Waals surface area contributed by atoms with Gasteiger partial charge in [-0.05, 0) is 24.3 Å². The lowest BCUT2D eigenvalue weighted by atomic mass is 10.2. The second-order valence-corrected chi connectivity index (χ2v) is 6.05. The molecule has 0 saturated heterocycles. The third-order valence-corrected chi connectivity index (χ3v) is 3.73. The predicted molar refractivity (Wildman–Crippen MR) is 92.5 cm³/mol. The zero-order chi connectivity index (χ0) is 20.8. The number of benzene rings is 2. The molecule has 0 spiro atoms. The first-order valence-corrected chi connectivity index (χ1v) is 8.19. The van der Waals surface area contributed by atoms with Crippen molar-refractivity contribution in [1.29, 1.82) is 0 Å². The molecule has 0 aliphatic carbocycles. The van der Waals surface area contributed by atoms with Crippen molar-refractivity contribution in [1.82, 2.24) is 0 Å². The molecule has 1 amide bonds. The minimum absolute atomic E-state index is 0.256. The summed E-state index contributed by atoms with van der Waals surface area (Å²) >= 11 is 0. The lowest BCUT2D eigenvalue weighted by Gasteiger charge is -2.15. The molecular weight excluding hydrogens is 383 g/mol. The van der Waals surface area contributed by atoms with Crippen molar-refractivity contribution in [3.05, 3.63) is 71.6 Å². The lowest BCUT2D eigenvalue weighted by molar-refractivity contribution is -0.885. The molecule has 1 unspecified atom stereocenters. The van der Waals surface area contributed by atoms with E-state index in [2.05, 4.69) is 6.58 Å². The zero-order valence-corrected chi connectivity index (χ0v) is 14.9. The molecule has 150 valence electrons. The molecule has 28 heavy (non-hydrogen) atoms. The minimum Gasteiger partial charge on any atom is -0.490 e. The summed E-state index contributed by atoms with van der Waals surface area (Å²) < 4.78 is 72.0. The first kappa shape index (κ1) is 21.4. The number of likely N-dealkylation sites (N-methyl/N-ethyl adjacent to an activating group) is 1. The topological polar surface area (TPSA) is 42.8 Å². The van der Waals surface area contributed by atoms with E-state index in [0.29, 0.717) is 23.8 Å². The van der Waals surface area contributed by atoms with E-state index >= 15 is 0 Å². The van der Waals surface area contributed by atoms with Crippen LogP contribution in [-0.2, 0) is 11.3 Å². The van der Waals surface area contributed by atoms with Gasteiger partial charge in [0.2, 0.25) is 5.82 Å². The number of amides is 1. The third-order valence-electron chi connectivity index (χ3n) is 3.73. The second kappa shape index (κ2) is 9.32. The summed E-state index contributed by atoms with van der Waals surface area (Å²) in [4.78, 5) is 12.6. The maximum absolute atomic E-state index is 13.6. The van der Waals surface area contributed by atoms with E-state index < -0.39 is 40.7 Å². The Kier molecular flexibility index (Phi) is 7.11. The Labute approximate surface area is 158 Å². The van der Waals surface area contributed by atoms with Crippen molar-refractivity contribution in [3.63, 3.8) is 0 Å². The Morgan fingerprint density at radius 2 is 1.57 bits per heavy atom. The fraction of sp³-hybridized carbons (Fsp3) is 0.211. The highest BCUT2D eigenvalue weighted by molar-refractivity contribution is 5.91. The molecule has 9 heteroatoms. The molecule has 4 nitrogen and oxygen atoms in total. The maximum atomic E-state index is 13.6. The summed E-state index contributed by atoms with van der Waals surface area (Å²) in [5.41, 5.74) is -0.509. The Balaban J connectivity index is 1.99. The lowest BCUT2D eigenvalue weighted by Crippen LogP contribution is -3.08. The van der Waals surface area contributed by atoms with Crippen molar-refractivity contribution in [2.24, 2.45) is 0 Å². The van der Waals surface area contributed by atoms with E-state index in [1.165, 1.54) is 0 Å². The first-order valence-electron chi connectivity index (χ1n) is 8.19. The van der Waals surface area contributed by atoms with Crippen LogP contribution < -0.4 is 15.0 Å². The summed E-state index contributed by atoms with van der Waals surface area (Å²) in [6.45, 7) is 4.03. The highest BCUT2D eigenvalue weighted by Crippen LogP contribution is 2.26. The molecule has 2 N–H and O–H groups in total. The van der Waals surface area contributed by atoms with Gasteiger partial charge in [0.05, 0.1) is 7.05 Å². The smallest absolute Gasteiger partial charge is 0.279 e. The Morgan fingerprint density at radius 1 is 1.04 bits per heavy atom. The summed E-state index contributed by atoms with van der Waals surface area (Å²) in [6.07, 6.45) is 1.61. The van der Waals surface area contributed by atoms with E-state index in [0.717, 1.165) is 5.56 Å². The monoisotopic (exact) mass is 401 g/mol. The fourth-order valence-corrected chi connectivity index (χ4v) is 2.44. The highest BCUT2D eigenvalue weighted by Gasteiger charge is 2.27. The van der Waals surface area contributed by atoms with Crippen LogP contribution in [0.3, 0.4) is 0 Å². The second-order valence-electron chi connectivity index (χ2n) is 6.05. The number of nitrogens with one attached hydrogen (secondary N) is 2. The SMILES string of the molecule is C=CCOc1ccc(C[NH+](C)CC(=O)Nc2c(F)c(F)c(F)c(F)c2F)cc1. The number of hydrogen-bond donors (Lipinski definition) is 2. The largest absolute Gasteiger partial charge is 0.490 e. The molecule has 2 aromatic carbocycles. The molecule has 0 saturated carbocycles. The number of hydrogen-bond acceptors (Lipinski definition) is 2. The van der Waals surface area contributed by atoms with Gasteiger partial charge in [0.1, 0.15) is 24.6 Å². The molecule has 0 radical (unpaired) electrons. The van der Waals surface area contributed by atoms with E-state index in [9.17, 15) is 26.7 Å². The number of carbonyl (C=O) groups is 1. The Morgan fingerprint density at radius 3 is 2.11 bits per heavy atom. The van der Waals surface area contributed by atoms with Crippen LogP contribution in [-0.4, -0.2) is 26.1 Å². The molecule has 0 bridgehead atoms. The number of rotatable bonds is 8. The van der Waals surface area contributed by atoms with E-state index in [1.807, 2.05) is 0 Å². The van der Waals surface area contributed by atoms with Gasteiger partial charge < -0.3 is 15.0 Å². The summed E-state index contributed by atoms with van der Waals surface area (Å²) in [7, 11) is 1.64. The maximum Gasteiger partial charge on any atom is 0.279 e. The zero-order valence-electron chi connectivity index (χ0n) is 14.9. The Bertz CT molecular complexity index is 843. The van der Waals surface area contributed by atoms with E-state index in [1.54, 1.807) is 42.7 Å². The average molecular weight is 401 g/mol. The normalized spacial score (nSPS) is 11.8. The van der Waals surface area contributed by atoms with Gasteiger partial charge in [-0.15, -0.1) is 0 Å². The number of carbonyl (C=O) groups excluding carboxylic acids is 1. The first-order chi connectivity index (χ1) is 13.2. The quantitative estimate of drug-likeness (QED) is 0.309. The van der Waals surface area contributed by atoms with Crippen LogP contribution in [0.15, 0.2) is 36.9 Å². The molecule has 2 aromatic rings. The van der Waals surface area contributed by atoms with Crippen LogP contribution in [0.5, 0.6) is 5.75 Å². The van der Waals surface area contributed by atoms with Crippen LogP contribution in [0.1, 0.15) is 5.56 Å². The highest BCUT2D eigenvalue weighted by atomic mass is 19.2. The van der Waals surface area contributed by atoms with Gasteiger partial charge in [0.15, 0.2) is 29.8 Å². The minimum atomic E-state index is -2.28. The van der Waals surface area contributed by atoms with Crippen LogP contribution in [0.2, 0.25) is 0 Å². The number of ether oxygens (including phenoxy) is 1. The number of anilines is 1. The molecular formula is C19H18F5N2O2+. The van der Waals surface area contributed by atoms with Crippen LogP contribution in [0.4, 0.5) is 27.6 Å². The molecule has 0 aromatic heterocycles. The molecule has 2 rings (SSSR count). The predicted octanol–water partition coefficient (Wildman–Crippen LogP) is 2.60. The van der Waals surface area contributed by atoms with Crippen molar-refractivity contribution >= 4 is 11.6 Å². The van der Waals surface area contributed by atoms with Crippen LogP contribution in [0, 0.1) is 29.1 Å². The van der Waals surface area contributed by atoms with Gasteiger partial charge in [0.25, 0.3) is 5.91 Å². The van der Waals surface area contributed by atoms with Gasteiger partial charge in [0, 0.05) is 5.56 Å². The number of quaternary nitrogens is 1. The van der Waals surface area contributed by atoms with Crippen molar-refractivity contribution in [3.8, 4) is 5.75 Å². The van der Waals surface area contributed by atoms with Crippen molar-refractivity contribution < 1.29 is 36.4 Å². The van der Waals surface area contributed by atoms with E-state index in [4.69, 9.17) is 4.74 Å². The van der Waals surface area contributed by atoms with Crippen molar-refractivity contribution in [2.75, 3.05) is 25.5 Å². The number of halogens is 5. The standard InChI is InChI=1S/C19H17F5N2O2/c1-3-8-28-12-6-4-11(5-7-12)9-26(2)10-13(27)25-19-17(23)15(21)14(20)16(22)18(19)24/h3-7H,1,8-10H2,2H3,(H,25,27)/p+1. The fourth-order valence-electron chi connectivity index (χ4n) is 2.44. The molecule has 0 aliphatic rings. The molecule has 0 aliphatic heterocycles. The average Bonchev–Trinajstić information content (AvgIpc) is 2.67. The summed E-state index contributed by atoms with van der Waals surface area (Å²) in [6, 6.07) is 7.04. The van der Waals surface area contributed by atoms with Crippen molar-refractivity contribution in [2.45, 2.75) is 6.54 Å². The van der Waals surface area contributed by atoms with Gasteiger partial charge in [-0.25, -0.2) is 22.0 Å². The summed E-state index contributed by atoms with van der Waals surface area (Å²) in [5.74, 6) is -10.9. The Hall–Kier alpha value is -2.94. The summed E-state index contributed by atoms with van der Waals surface area (Å²) in [5, 5.41) is 1.75. The van der Waals surface area contributed by atoms with Gasteiger partial charge in [-0.3, -0.25) is 4.79 Å². The van der Waals surface area contributed by atoms with Gasteiger partial charge in [-0.1, -0.05) is 12.7 Å². The van der Waals surface area contributed by atoms with Crippen LogP contribution in [0.25, 0.3) is 0 Å². The van der Waals surface area contributed by atoms with Crippen LogP contribution >= 0.6 is 0 Å². The van der Waals surface area contributed by atoms with E-state index in [-0.39, 0.29) is 6.54 Å². The third kappa shape index (κ3) is 5.07. The molecule has 1 atom stereocenters. The van der Waals surface area contributed by atoms with Gasteiger partial charge >= 0.3 is 0 Å². The molecule has 0 fully saturated rings. The molecule has 0 heterocycles. The van der Waals surface area contributed by atoms with Gasteiger partial charge in [-0.2, -0.15) is 0 Å².